The maximum atomic E-state index is 13.6. The Kier molecular flexibility index (Phi) is 6.75. The van der Waals surface area contributed by atoms with E-state index in [-0.39, 0.29) is 23.1 Å². The first-order valence-corrected chi connectivity index (χ1v) is 12.1. The van der Waals surface area contributed by atoms with Crippen LogP contribution in [-0.2, 0) is 6.61 Å². The monoisotopic (exact) mass is 536 g/mol. The van der Waals surface area contributed by atoms with Crippen LogP contribution in [0, 0.1) is 12.7 Å². The van der Waals surface area contributed by atoms with Gasteiger partial charge in [-0.1, -0.05) is 11.6 Å². The minimum Gasteiger partial charge on any atom is -0.487 e. The molecule has 13 heteroatoms. The summed E-state index contributed by atoms with van der Waals surface area (Å²) in [5.74, 6) is -0.0983. The Balaban J connectivity index is 1.50. The zero-order valence-electron chi connectivity index (χ0n) is 19.2. The molecule has 0 aliphatic carbocycles. The molecule has 37 heavy (non-hydrogen) atoms. The summed E-state index contributed by atoms with van der Waals surface area (Å²) >= 11 is 7.38. The van der Waals surface area contributed by atoms with Crippen LogP contribution in [0.25, 0.3) is 16.5 Å². The van der Waals surface area contributed by atoms with E-state index in [1.165, 1.54) is 48.0 Å². The molecule has 0 aliphatic heterocycles. The van der Waals surface area contributed by atoms with E-state index in [9.17, 15) is 9.18 Å². The first kappa shape index (κ1) is 24.3. The Morgan fingerprint density at radius 1 is 1.22 bits per heavy atom. The number of anilines is 2. The smallest absolute Gasteiger partial charge is 0.250 e. The largest absolute Gasteiger partial charge is 0.487 e. The van der Waals surface area contributed by atoms with Crippen LogP contribution < -0.4 is 15.8 Å². The van der Waals surface area contributed by atoms with Crippen LogP contribution in [0.4, 0.5) is 16.0 Å². The van der Waals surface area contributed by atoms with Gasteiger partial charge in [0.2, 0.25) is 11.9 Å². The third kappa shape index (κ3) is 5.39. The number of amides is 1. The van der Waals surface area contributed by atoms with Crippen molar-refractivity contribution in [3.63, 3.8) is 0 Å². The predicted octanol–water partition coefficient (Wildman–Crippen LogP) is 4.70. The Morgan fingerprint density at radius 3 is 2.84 bits per heavy atom. The molecular formula is C24H18ClFN8O2S. The molecule has 0 saturated heterocycles. The molecule has 0 spiro atoms. The van der Waals surface area contributed by atoms with E-state index in [4.69, 9.17) is 27.2 Å². The second kappa shape index (κ2) is 10.3. The van der Waals surface area contributed by atoms with E-state index in [2.05, 4.69) is 25.3 Å². The molecule has 10 nitrogen and oxygen atoms in total. The van der Waals surface area contributed by atoms with Gasteiger partial charge in [-0.05, 0) is 37.3 Å². The third-order valence-corrected chi connectivity index (χ3v) is 6.23. The number of hydrogen-bond donors (Lipinski definition) is 2. The van der Waals surface area contributed by atoms with Gasteiger partial charge in [-0.2, -0.15) is 10.1 Å². The molecule has 0 aliphatic rings. The van der Waals surface area contributed by atoms with Crippen molar-refractivity contribution in [2.75, 3.05) is 5.32 Å². The maximum Gasteiger partial charge on any atom is 0.250 e. The summed E-state index contributed by atoms with van der Waals surface area (Å²) in [6.45, 7) is 1.94. The summed E-state index contributed by atoms with van der Waals surface area (Å²) in [4.78, 5) is 28.8. The Bertz CT molecular complexity index is 1590. The third-order valence-electron chi connectivity index (χ3n) is 5.15. The molecule has 0 fully saturated rings. The lowest BCUT2D eigenvalue weighted by Crippen LogP contribution is -2.13. The molecule has 4 aromatic heterocycles. The summed E-state index contributed by atoms with van der Waals surface area (Å²) < 4.78 is 21.1. The van der Waals surface area contributed by atoms with Crippen molar-refractivity contribution in [3.8, 4) is 22.3 Å². The normalized spacial score (nSPS) is 10.9. The average molecular weight is 537 g/mol. The van der Waals surface area contributed by atoms with Gasteiger partial charge in [0.05, 0.1) is 22.3 Å². The van der Waals surface area contributed by atoms with Crippen LogP contribution in [0.5, 0.6) is 5.75 Å². The highest BCUT2D eigenvalue weighted by Gasteiger charge is 2.17. The van der Waals surface area contributed by atoms with Crippen LogP contribution in [0.2, 0.25) is 5.02 Å². The van der Waals surface area contributed by atoms with Crippen LogP contribution in [0.1, 0.15) is 21.6 Å². The highest BCUT2D eigenvalue weighted by atomic mass is 35.5. The number of nitrogens with zero attached hydrogens (tertiary/aromatic N) is 6. The number of aromatic nitrogens is 6. The first-order chi connectivity index (χ1) is 17.9. The molecule has 0 saturated carbocycles. The fraction of sp³-hybridized carbons (Fsp3) is 0.0833. The van der Waals surface area contributed by atoms with E-state index in [1.54, 1.807) is 17.1 Å². The summed E-state index contributed by atoms with van der Waals surface area (Å²) in [7, 11) is 0. The van der Waals surface area contributed by atoms with Crippen molar-refractivity contribution in [2.24, 2.45) is 5.73 Å². The minimum absolute atomic E-state index is 0.0296. The standard InChI is InChI=1S/C24H18ClFN8O2S/c1-13-6-20(23-29-4-5-37-23)33-34(13)22-15(12-36-17-7-14(21(27)35)9-28-11-17)10-30-24(32-22)31-16-2-3-19(26)18(25)8-16/h2-11H,12H2,1H3,(H2,27,35)(H,30,31,32). The van der Waals surface area contributed by atoms with Gasteiger partial charge in [0.1, 0.15) is 28.9 Å². The fourth-order valence-electron chi connectivity index (χ4n) is 3.38. The number of aryl methyl sites for hydroxylation is 1. The van der Waals surface area contributed by atoms with Crippen LogP contribution in [-0.4, -0.2) is 35.6 Å². The SMILES string of the molecule is Cc1cc(-c2nccs2)nn1-c1nc(Nc2ccc(F)c(Cl)c2)ncc1COc1cncc(C(N)=O)c1. The van der Waals surface area contributed by atoms with E-state index in [0.717, 1.165) is 10.7 Å². The second-order valence-corrected chi connectivity index (χ2v) is 9.08. The fourth-order valence-corrected chi connectivity index (χ4v) is 4.16. The number of ether oxygens (including phenoxy) is 1. The summed E-state index contributed by atoms with van der Waals surface area (Å²) in [6, 6.07) is 7.62. The zero-order chi connectivity index (χ0) is 25.9. The summed E-state index contributed by atoms with van der Waals surface area (Å²) in [5.41, 5.74) is 8.17. The van der Waals surface area contributed by atoms with E-state index >= 15 is 0 Å². The summed E-state index contributed by atoms with van der Waals surface area (Å²) in [6.07, 6.45) is 6.13. The van der Waals surface area contributed by atoms with Gasteiger partial charge in [0.15, 0.2) is 5.82 Å². The number of carbonyl (C=O) groups is 1. The summed E-state index contributed by atoms with van der Waals surface area (Å²) in [5, 5.41) is 10.3. The van der Waals surface area contributed by atoms with Crippen LogP contribution >= 0.6 is 22.9 Å². The molecular weight excluding hydrogens is 519 g/mol. The van der Waals surface area contributed by atoms with Crippen molar-refractivity contribution in [3.05, 3.63) is 88.2 Å². The number of pyridine rings is 1. The number of halogens is 2. The van der Waals surface area contributed by atoms with Gasteiger partial charge in [0.25, 0.3) is 0 Å². The molecule has 3 N–H and O–H groups in total. The van der Waals surface area contributed by atoms with Gasteiger partial charge in [0, 0.05) is 35.4 Å². The van der Waals surface area contributed by atoms with Crippen molar-refractivity contribution in [1.82, 2.24) is 29.7 Å². The van der Waals surface area contributed by atoms with Crippen molar-refractivity contribution >= 4 is 40.5 Å². The molecule has 1 amide bonds. The number of nitrogens with one attached hydrogen (secondary N) is 1. The number of hydrogen-bond acceptors (Lipinski definition) is 9. The van der Waals surface area contributed by atoms with E-state index < -0.39 is 11.7 Å². The molecule has 186 valence electrons. The molecule has 5 rings (SSSR count). The molecule has 4 heterocycles. The van der Waals surface area contributed by atoms with Gasteiger partial charge in [-0.15, -0.1) is 11.3 Å². The van der Waals surface area contributed by atoms with Gasteiger partial charge < -0.3 is 15.8 Å². The molecule has 0 unspecified atom stereocenters. The Morgan fingerprint density at radius 2 is 2.08 bits per heavy atom. The highest BCUT2D eigenvalue weighted by Crippen LogP contribution is 2.26. The molecule has 5 aromatic rings. The van der Waals surface area contributed by atoms with E-state index in [1.807, 2.05) is 18.4 Å². The number of nitrogens with two attached hydrogens (primary N) is 1. The lowest BCUT2D eigenvalue weighted by molar-refractivity contribution is 0.0999. The average Bonchev–Trinajstić information content (AvgIpc) is 3.55. The first-order valence-electron chi connectivity index (χ1n) is 10.8. The highest BCUT2D eigenvalue weighted by molar-refractivity contribution is 7.13. The quantitative estimate of drug-likeness (QED) is 0.291. The number of primary amides is 1. The second-order valence-electron chi connectivity index (χ2n) is 7.78. The maximum absolute atomic E-state index is 13.6. The van der Waals surface area contributed by atoms with Gasteiger partial charge in [-0.25, -0.2) is 19.0 Å². The molecule has 1 aromatic carbocycles. The van der Waals surface area contributed by atoms with Crippen molar-refractivity contribution in [1.29, 1.82) is 0 Å². The molecule has 0 atom stereocenters. The number of thiazole rings is 1. The minimum atomic E-state index is -0.611. The van der Waals surface area contributed by atoms with Crippen molar-refractivity contribution in [2.45, 2.75) is 13.5 Å². The predicted molar refractivity (Wildman–Crippen MR) is 137 cm³/mol. The Hall–Kier alpha value is -4.42. The number of benzene rings is 1. The van der Waals surface area contributed by atoms with E-state index in [0.29, 0.717) is 28.5 Å². The Labute approximate surface area is 219 Å². The van der Waals surface area contributed by atoms with Crippen molar-refractivity contribution < 1.29 is 13.9 Å². The lowest BCUT2D eigenvalue weighted by Gasteiger charge is -2.14. The van der Waals surface area contributed by atoms with Gasteiger partial charge in [-0.3, -0.25) is 9.78 Å². The zero-order valence-corrected chi connectivity index (χ0v) is 20.8. The van der Waals surface area contributed by atoms with Gasteiger partial charge >= 0.3 is 0 Å². The van der Waals surface area contributed by atoms with Crippen LogP contribution in [0.15, 0.2) is 60.5 Å². The number of carbonyl (C=O) groups excluding carboxylic acids is 1. The van der Waals surface area contributed by atoms with Crippen LogP contribution in [0.3, 0.4) is 0 Å². The molecule has 0 radical (unpaired) electrons. The number of rotatable bonds is 8. The lowest BCUT2D eigenvalue weighted by atomic mass is 10.2. The molecule has 0 bridgehead atoms. The topological polar surface area (TPSA) is 134 Å².